The molecule has 1 saturated carbocycles. The van der Waals surface area contributed by atoms with Crippen molar-refractivity contribution in [2.24, 2.45) is 17.8 Å². The first kappa shape index (κ1) is 21.2. The average Bonchev–Trinajstić information content (AvgIpc) is 2.59. The van der Waals surface area contributed by atoms with Gasteiger partial charge in [-0.15, -0.1) is 0 Å². The molecule has 2 rings (SSSR count). The second-order valence-electron chi connectivity index (χ2n) is 9.36. The van der Waals surface area contributed by atoms with Crippen LogP contribution in [0.5, 0.6) is 0 Å². The van der Waals surface area contributed by atoms with Gasteiger partial charge in [-0.1, -0.05) is 47.0 Å². The average molecular weight is 352 g/mol. The maximum absolute atomic E-state index is 3.62. The highest BCUT2D eigenvalue weighted by Gasteiger charge is 2.31. The van der Waals surface area contributed by atoms with Crippen molar-refractivity contribution in [3.63, 3.8) is 0 Å². The zero-order chi connectivity index (χ0) is 18.1. The molecular formula is C22H45N3. The van der Waals surface area contributed by atoms with Crippen LogP contribution in [-0.4, -0.2) is 49.7 Å². The first-order chi connectivity index (χ1) is 12.0. The van der Waals surface area contributed by atoms with Gasteiger partial charge in [-0.25, -0.2) is 0 Å². The molecule has 3 atom stereocenters. The van der Waals surface area contributed by atoms with E-state index in [9.17, 15) is 0 Å². The molecule has 0 radical (unpaired) electrons. The maximum Gasteiger partial charge on any atom is 0.00123 e. The normalized spacial score (nSPS) is 28.8. The van der Waals surface area contributed by atoms with Gasteiger partial charge in [-0.2, -0.15) is 0 Å². The van der Waals surface area contributed by atoms with E-state index >= 15 is 0 Å². The Morgan fingerprint density at radius 3 is 2.36 bits per heavy atom. The molecule has 0 bridgehead atoms. The Morgan fingerprint density at radius 2 is 1.60 bits per heavy atom. The first-order valence-corrected chi connectivity index (χ1v) is 11.2. The zero-order valence-electron chi connectivity index (χ0n) is 17.5. The van der Waals surface area contributed by atoms with E-state index in [0.717, 1.165) is 17.8 Å². The number of nitrogens with zero attached hydrogens (tertiary/aromatic N) is 1. The minimum atomic E-state index is 0.624. The number of likely N-dealkylation sites (tertiary alicyclic amines) is 1. The van der Waals surface area contributed by atoms with Crippen LogP contribution in [0.3, 0.4) is 0 Å². The van der Waals surface area contributed by atoms with E-state index in [-0.39, 0.29) is 0 Å². The molecule has 0 aromatic carbocycles. The number of hydrogen-bond acceptors (Lipinski definition) is 3. The Hall–Kier alpha value is -0.120. The van der Waals surface area contributed by atoms with Gasteiger partial charge in [-0.3, -0.25) is 0 Å². The fraction of sp³-hybridized carbons (Fsp3) is 1.00. The molecule has 1 aliphatic carbocycles. The summed E-state index contributed by atoms with van der Waals surface area (Å²) in [6.45, 7) is 15.4. The van der Waals surface area contributed by atoms with Crippen molar-refractivity contribution < 1.29 is 0 Å². The maximum atomic E-state index is 3.62. The predicted octanol–water partition coefficient (Wildman–Crippen LogP) is 4.28. The third-order valence-electron chi connectivity index (χ3n) is 6.34. The smallest absolute Gasteiger partial charge is 0.00123 e. The van der Waals surface area contributed by atoms with Crippen molar-refractivity contribution >= 4 is 0 Å². The monoisotopic (exact) mass is 351 g/mol. The molecule has 3 nitrogen and oxygen atoms in total. The summed E-state index contributed by atoms with van der Waals surface area (Å²) < 4.78 is 0. The third-order valence-corrected chi connectivity index (χ3v) is 6.34. The number of hydrogen-bond donors (Lipinski definition) is 2. The Bertz CT molecular complexity index is 342. The second-order valence-corrected chi connectivity index (χ2v) is 9.36. The van der Waals surface area contributed by atoms with Crippen LogP contribution in [0.2, 0.25) is 0 Å². The summed E-state index contributed by atoms with van der Waals surface area (Å²) in [4.78, 5) is 2.76. The molecular weight excluding hydrogens is 306 g/mol. The Kier molecular flexibility index (Phi) is 9.80. The Morgan fingerprint density at radius 1 is 0.880 bits per heavy atom. The minimum absolute atomic E-state index is 0.624. The van der Waals surface area contributed by atoms with Gasteiger partial charge in [0.1, 0.15) is 0 Å². The van der Waals surface area contributed by atoms with Crippen LogP contribution in [0.25, 0.3) is 0 Å². The molecule has 1 aliphatic heterocycles. The van der Waals surface area contributed by atoms with Crippen molar-refractivity contribution in [3.05, 3.63) is 0 Å². The molecule has 2 N–H and O–H groups in total. The Balaban J connectivity index is 1.68. The van der Waals surface area contributed by atoms with Gasteiger partial charge in [0.2, 0.25) is 0 Å². The molecule has 1 heterocycles. The lowest BCUT2D eigenvalue weighted by Crippen LogP contribution is -2.41. The van der Waals surface area contributed by atoms with Crippen molar-refractivity contribution in [2.45, 2.75) is 91.1 Å². The fourth-order valence-electron chi connectivity index (χ4n) is 4.97. The molecule has 1 saturated heterocycles. The molecule has 0 spiro atoms. The van der Waals surface area contributed by atoms with Crippen molar-refractivity contribution in [3.8, 4) is 0 Å². The van der Waals surface area contributed by atoms with E-state index in [2.05, 4.69) is 43.2 Å². The molecule has 3 heteroatoms. The van der Waals surface area contributed by atoms with Gasteiger partial charge < -0.3 is 15.5 Å². The summed E-state index contributed by atoms with van der Waals surface area (Å²) in [6.07, 6.45) is 11.6. The largest absolute Gasteiger partial charge is 0.315 e. The van der Waals surface area contributed by atoms with Crippen LogP contribution in [-0.2, 0) is 0 Å². The lowest BCUT2D eigenvalue weighted by atomic mass is 9.72. The Labute approximate surface area is 157 Å². The topological polar surface area (TPSA) is 27.3 Å². The van der Waals surface area contributed by atoms with E-state index in [1.165, 1.54) is 84.1 Å². The zero-order valence-corrected chi connectivity index (χ0v) is 17.5. The molecule has 25 heavy (non-hydrogen) atoms. The van der Waals surface area contributed by atoms with Gasteiger partial charge in [0, 0.05) is 18.6 Å². The highest BCUT2D eigenvalue weighted by Crippen LogP contribution is 2.38. The minimum Gasteiger partial charge on any atom is -0.315 e. The van der Waals surface area contributed by atoms with Gasteiger partial charge in [0.05, 0.1) is 0 Å². The molecule has 2 fully saturated rings. The predicted molar refractivity (Wildman–Crippen MR) is 110 cm³/mol. The van der Waals surface area contributed by atoms with E-state index in [1.807, 2.05) is 0 Å². The van der Waals surface area contributed by atoms with E-state index in [1.54, 1.807) is 0 Å². The molecule has 2 aliphatic rings. The van der Waals surface area contributed by atoms with Gasteiger partial charge >= 0.3 is 0 Å². The summed E-state index contributed by atoms with van der Waals surface area (Å²) in [5.74, 6) is 2.97. The molecule has 148 valence electrons. The summed E-state index contributed by atoms with van der Waals surface area (Å²) in [6, 6.07) is 1.26. The van der Waals surface area contributed by atoms with E-state index < -0.39 is 0 Å². The van der Waals surface area contributed by atoms with Crippen LogP contribution in [0, 0.1) is 17.8 Å². The molecule has 0 aromatic heterocycles. The molecule has 0 amide bonds. The fourth-order valence-corrected chi connectivity index (χ4v) is 4.97. The van der Waals surface area contributed by atoms with Crippen molar-refractivity contribution in [2.75, 3.05) is 32.7 Å². The highest BCUT2D eigenvalue weighted by atomic mass is 15.1. The lowest BCUT2D eigenvalue weighted by molar-refractivity contribution is 0.0968. The summed E-state index contributed by atoms with van der Waals surface area (Å²) in [7, 11) is 0. The van der Waals surface area contributed by atoms with Gasteiger partial charge in [0.25, 0.3) is 0 Å². The van der Waals surface area contributed by atoms with Crippen LogP contribution in [0.4, 0.5) is 0 Å². The second kappa shape index (κ2) is 11.6. The van der Waals surface area contributed by atoms with Gasteiger partial charge in [-0.05, 0) is 76.0 Å². The van der Waals surface area contributed by atoms with Crippen LogP contribution < -0.4 is 10.6 Å². The summed E-state index contributed by atoms with van der Waals surface area (Å²) in [5, 5.41) is 7.18. The first-order valence-electron chi connectivity index (χ1n) is 11.2. The quantitative estimate of drug-likeness (QED) is 0.575. The van der Waals surface area contributed by atoms with Crippen LogP contribution >= 0.6 is 0 Å². The summed E-state index contributed by atoms with van der Waals surface area (Å²) >= 11 is 0. The third kappa shape index (κ3) is 8.41. The van der Waals surface area contributed by atoms with Gasteiger partial charge in [0.15, 0.2) is 0 Å². The van der Waals surface area contributed by atoms with E-state index in [0.29, 0.717) is 12.1 Å². The number of rotatable bonds is 10. The number of piperidine rings is 1. The van der Waals surface area contributed by atoms with Crippen molar-refractivity contribution in [1.82, 2.24) is 15.5 Å². The lowest BCUT2D eigenvalue weighted by Gasteiger charge is -2.40. The van der Waals surface area contributed by atoms with E-state index in [4.69, 9.17) is 0 Å². The SMILES string of the molecule is CC(C)NCCCN1CCCC(C2CCCC(CCNC(C)C)C2)C1. The standard InChI is InChI=1S/C22H45N3/c1-18(2)23-12-7-15-25-14-6-10-22(17-25)21-9-5-8-20(16-21)11-13-24-19(3)4/h18-24H,5-17H2,1-4H3. The molecule has 0 aromatic rings. The molecule has 3 unspecified atom stereocenters. The number of nitrogens with one attached hydrogen (secondary N) is 2. The van der Waals surface area contributed by atoms with Crippen LogP contribution in [0.15, 0.2) is 0 Å². The summed E-state index contributed by atoms with van der Waals surface area (Å²) in [5.41, 5.74) is 0. The van der Waals surface area contributed by atoms with Crippen molar-refractivity contribution in [1.29, 1.82) is 0 Å². The van der Waals surface area contributed by atoms with Crippen LogP contribution in [0.1, 0.15) is 79.1 Å². The highest BCUT2D eigenvalue weighted by molar-refractivity contribution is 4.83.